The number of nitrogens with zero attached hydrogens (tertiary/aromatic N) is 1. The highest BCUT2D eigenvalue weighted by Gasteiger charge is 2.09. The predicted molar refractivity (Wildman–Crippen MR) is 54.3 cm³/mol. The van der Waals surface area contributed by atoms with Gasteiger partial charge in [-0.2, -0.15) is 0 Å². The summed E-state index contributed by atoms with van der Waals surface area (Å²) >= 11 is 7.18. The molecular formula is C9H8ClNOS. The van der Waals surface area contributed by atoms with Crippen molar-refractivity contribution in [3.05, 3.63) is 27.4 Å². The molecule has 0 saturated carbocycles. The third-order valence-corrected chi connectivity index (χ3v) is 2.77. The van der Waals surface area contributed by atoms with E-state index in [0.717, 1.165) is 22.8 Å². The number of rotatable bonds is 1. The Bertz CT molecular complexity index is 433. The highest BCUT2D eigenvalue weighted by atomic mass is 35.5. The molecule has 68 valence electrons. The maximum atomic E-state index is 5.75. The Morgan fingerprint density at radius 1 is 1.46 bits per heavy atom. The summed E-state index contributed by atoms with van der Waals surface area (Å²) in [6.07, 6.45) is 0. The molecule has 0 unspecified atom stereocenters. The monoisotopic (exact) mass is 213 g/mol. The standard InChI is InChI=1S/C9H8ClNOS/c1-5-3-7(6(2)12-5)8-4-13-9(10)11-8/h3-4H,1-2H3. The first-order valence-electron chi connectivity index (χ1n) is 3.85. The van der Waals surface area contributed by atoms with Crippen LogP contribution in [0.25, 0.3) is 11.3 Å². The largest absolute Gasteiger partial charge is 0.466 e. The minimum absolute atomic E-state index is 0.563. The number of furan rings is 1. The average Bonchev–Trinajstić information content (AvgIpc) is 2.58. The van der Waals surface area contributed by atoms with E-state index in [2.05, 4.69) is 4.98 Å². The van der Waals surface area contributed by atoms with Crippen LogP contribution in [0.3, 0.4) is 0 Å². The van der Waals surface area contributed by atoms with Gasteiger partial charge < -0.3 is 4.42 Å². The zero-order valence-electron chi connectivity index (χ0n) is 7.30. The summed E-state index contributed by atoms with van der Waals surface area (Å²) in [6.45, 7) is 3.85. The van der Waals surface area contributed by atoms with E-state index in [1.165, 1.54) is 11.3 Å². The van der Waals surface area contributed by atoms with Crippen LogP contribution in [0.5, 0.6) is 0 Å². The van der Waals surface area contributed by atoms with Crippen LogP contribution in [0.4, 0.5) is 0 Å². The van der Waals surface area contributed by atoms with Gasteiger partial charge in [-0.3, -0.25) is 0 Å². The van der Waals surface area contributed by atoms with Crippen LogP contribution < -0.4 is 0 Å². The smallest absolute Gasteiger partial charge is 0.184 e. The molecule has 0 spiro atoms. The molecule has 0 saturated heterocycles. The average molecular weight is 214 g/mol. The van der Waals surface area contributed by atoms with Crippen LogP contribution in [0.2, 0.25) is 4.47 Å². The van der Waals surface area contributed by atoms with Gasteiger partial charge in [0.1, 0.15) is 11.5 Å². The van der Waals surface area contributed by atoms with Crippen LogP contribution in [0.1, 0.15) is 11.5 Å². The summed E-state index contributed by atoms with van der Waals surface area (Å²) in [5.41, 5.74) is 1.92. The first-order valence-corrected chi connectivity index (χ1v) is 5.11. The molecule has 0 bridgehead atoms. The van der Waals surface area contributed by atoms with Crippen molar-refractivity contribution in [3.63, 3.8) is 0 Å². The van der Waals surface area contributed by atoms with Crippen molar-refractivity contribution < 1.29 is 4.42 Å². The molecule has 4 heteroatoms. The number of hydrogen-bond acceptors (Lipinski definition) is 3. The molecule has 0 radical (unpaired) electrons. The molecule has 0 fully saturated rings. The molecule has 2 nitrogen and oxygen atoms in total. The van der Waals surface area contributed by atoms with E-state index >= 15 is 0 Å². The van der Waals surface area contributed by atoms with Gasteiger partial charge in [0.2, 0.25) is 0 Å². The molecule has 2 aromatic heterocycles. The fourth-order valence-electron chi connectivity index (χ4n) is 1.26. The van der Waals surface area contributed by atoms with Crippen LogP contribution in [0.15, 0.2) is 15.9 Å². The van der Waals surface area contributed by atoms with E-state index in [-0.39, 0.29) is 0 Å². The topological polar surface area (TPSA) is 26.0 Å². The Labute approximate surface area is 85.2 Å². The van der Waals surface area contributed by atoms with Crippen LogP contribution in [-0.2, 0) is 0 Å². The van der Waals surface area contributed by atoms with Crippen molar-refractivity contribution >= 4 is 22.9 Å². The molecule has 0 aliphatic rings. The Hall–Kier alpha value is -0.800. The van der Waals surface area contributed by atoms with Crippen molar-refractivity contribution in [2.24, 2.45) is 0 Å². The maximum absolute atomic E-state index is 5.75. The number of aryl methyl sites for hydroxylation is 2. The molecule has 13 heavy (non-hydrogen) atoms. The van der Waals surface area contributed by atoms with E-state index < -0.39 is 0 Å². The molecule has 2 heterocycles. The van der Waals surface area contributed by atoms with E-state index in [1.807, 2.05) is 25.3 Å². The summed E-state index contributed by atoms with van der Waals surface area (Å²) in [6, 6.07) is 1.97. The summed E-state index contributed by atoms with van der Waals surface area (Å²) in [7, 11) is 0. The summed E-state index contributed by atoms with van der Waals surface area (Å²) < 4.78 is 5.96. The second kappa shape index (κ2) is 3.16. The van der Waals surface area contributed by atoms with Gasteiger partial charge in [0.15, 0.2) is 4.47 Å². The molecule has 0 atom stereocenters. The van der Waals surface area contributed by atoms with Gasteiger partial charge in [-0.25, -0.2) is 4.98 Å². The molecular weight excluding hydrogens is 206 g/mol. The zero-order chi connectivity index (χ0) is 9.42. The summed E-state index contributed by atoms with van der Waals surface area (Å²) in [5.74, 6) is 1.79. The lowest BCUT2D eigenvalue weighted by Crippen LogP contribution is -1.75. The van der Waals surface area contributed by atoms with E-state index in [4.69, 9.17) is 16.0 Å². The van der Waals surface area contributed by atoms with Crippen LogP contribution in [0, 0.1) is 13.8 Å². The Balaban J connectivity index is 2.51. The third-order valence-electron chi connectivity index (χ3n) is 1.79. The Morgan fingerprint density at radius 3 is 2.69 bits per heavy atom. The highest BCUT2D eigenvalue weighted by molar-refractivity contribution is 7.14. The zero-order valence-corrected chi connectivity index (χ0v) is 8.87. The molecule has 0 aromatic carbocycles. The third kappa shape index (κ3) is 1.62. The second-order valence-electron chi connectivity index (χ2n) is 2.81. The van der Waals surface area contributed by atoms with Gasteiger partial charge in [-0.15, -0.1) is 11.3 Å². The lowest BCUT2D eigenvalue weighted by atomic mass is 10.2. The Kier molecular flexibility index (Phi) is 2.14. The van der Waals surface area contributed by atoms with Crippen LogP contribution in [-0.4, -0.2) is 4.98 Å². The first-order chi connectivity index (χ1) is 6.16. The van der Waals surface area contributed by atoms with Gasteiger partial charge >= 0.3 is 0 Å². The first kappa shape index (κ1) is 8.78. The summed E-state index contributed by atoms with van der Waals surface area (Å²) in [4.78, 5) is 4.18. The van der Waals surface area contributed by atoms with Crippen molar-refractivity contribution in [3.8, 4) is 11.3 Å². The molecule has 2 rings (SSSR count). The number of thiazole rings is 1. The number of aromatic nitrogens is 1. The second-order valence-corrected chi connectivity index (χ2v) is 4.25. The summed E-state index contributed by atoms with van der Waals surface area (Å²) in [5, 5.41) is 1.93. The fourth-order valence-corrected chi connectivity index (χ4v) is 2.02. The van der Waals surface area contributed by atoms with Crippen molar-refractivity contribution in [2.45, 2.75) is 13.8 Å². The molecule has 0 N–H and O–H groups in total. The molecule has 0 aliphatic carbocycles. The normalized spacial score (nSPS) is 10.7. The van der Waals surface area contributed by atoms with Crippen molar-refractivity contribution in [2.75, 3.05) is 0 Å². The number of hydrogen-bond donors (Lipinski definition) is 0. The molecule has 2 aromatic rings. The maximum Gasteiger partial charge on any atom is 0.184 e. The predicted octanol–water partition coefficient (Wildman–Crippen LogP) is 3.67. The van der Waals surface area contributed by atoms with Gasteiger partial charge in [-0.1, -0.05) is 11.6 Å². The molecule has 0 aliphatic heterocycles. The fraction of sp³-hybridized carbons (Fsp3) is 0.222. The lowest BCUT2D eigenvalue weighted by molar-refractivity contribution is 0.505. The highest BCUT2D eigenvalue weighted by Crippen LogP contribution is 2.29. The Morgan fingerprint density at radius 2 is 2.23 bits per heavy atom. The van der Waals surface area contributed by atoms with Gasteiger partial charge in [-0.05, 0) is 19.9 Å². The minimum Gasteiger partial charge on any atom is -0.466 e. The van der Waals surface area contributed by atoms with Crippen LogP contribution >= 0.6 is 22.9 Å². The van der Waals surface area contributed by atoms with Gasteiger partial charge in [0.05, 0.1) is 5.69 Å². The van der Waals surface area contributed by atoms with Gasteiger partial charge in [0.25, 0.3) is 0 Å². The number of halogens is 1. The lowest BCUT2D eigenvalue weighted by Gasteiger charge is -1.89. The van der Waals surface area contributed by atoms with Crippen molar-refractivity contribution in [1.29, 1.82) is 0 Å². The van der Waals surface area contributed by atoms with E-state index in [0.29, 0.717) is 4.47 Å². The minimum atomic E-state index is 0.563. The SMILES string of the molecule is Cc1cc(-c2csc(Cl)n2)c(C)o1. The van der Waals surface area contributed by atoms with Gasteiger partial charge in [0, 0.05) is 10.9 Å². The van der Waals surface area contributed by atoms with Crippen molar-refractivity contribution in [1.82, 2.24) is 4.98 Å². The van der Waals surface area contributed by atoms with E-state index in [1.54, 1.807) is 0 Å². The molecule has 0 amide bonds. The van der Waals surface area contributed by atoms with E-state index in [9.17, 15) is 0 Å². The quantitative estimate of drug-likeness (QED) is 0.723.